The second-order valence-electron chi connectivity index (χ2n) is 4.29. The van der Waals surface area contributed by atoms with Crippen molar-refractivity contribution in [3.63, 3.8) is 0 Å². The molecule has 0 saturated carbocycles. The smallest absolute Gasteiger partial charge is 0.262 e. The number of hydrogen-bond donors (Lipinski definition) is 2. The van der Waals surface area contributed by atoms with E-state index in [-0.39, 0.29) is 23.0 Å². The first kappa shape index (κ1) is 12.2. The summed E-state index contributed by atoms with van der Waals surface area (Å²) in [6.45, 7) is 1.92. The van der Waals surface area contributed by atoms with Crippen molar-refractivity contribution in [3.05, 3.63) is 42.2 Å². The highest BCUT2D eigenvalue weighted by atomic mass is 16.5. The Kier molecular flexibility index (Phi) is 2.83. The third kappa shape index (κ3) is 1.97. The number of phenols is 2. The minimum absolute atomic E-state index is 0.136. The quantitative estimate of drug-likeness (QED) is 0.694. The molecule has 0 unspecified atom stereocenters. The first-order valence-electron chi connectivity index (χ1n) is 5.93. The summed E-state index contributed by atoms with van der Waals surface area (Å²) in [4.78, 5) is 8.25. The van der Waals surface area contributed by atoms with Gasteiger partial charge in [-0.3, -0.25) is 4.98 Å². The minimum atomic E-state index is -0.286. The van der Waals surface area contributed by atoms with Crippen LogP contribution < -0.4 is 0 Å². The Morgan fingerprint density at radius 3 is 2.75 bits per heavy atom. The molecular formula is C14H11N3O3. The summed E-state index contributed by atoms with van der Waals surface area (Å²) in [7, 11) is 0. The molecule has 0 fully saturated rings. The van der Waals surface area contributed by atoms with Crippen LogP contribution in [0.1, 0.15) is 5.56 Å². The fourth-order valence-corrected chi connectivity index (χ4v) is 1.84. The zero-order valence-electron chi connectivity index (χ0n) is 10.6. The van der Waals surface area contributed by atoms with E-state index in [2.05, 4.69) is 15.1 Å². The van der Waals surface area contributed by atoms with Gasteiger partial charge in [0.05, 0.1) is 5.56 Å². The first-order valence-corrected chi connectivity index (χ1v) is 5.93. The Morgan fingerprint density at radius 2 is 1.95 bits per heavy atom. The number of benzene rings is 1. The SMILES string of the molecule is Cc1ccncc1-c1noc(-c2cccc(O)c2O)n1. The fourth-order valence-electron chi connectivity index (χ4n) is 1.84. The normalized spacial score (nSPS) is 10.7. The van der Waals surface area contributed by atoms with Crippen molar-refractivity contribution < 1.29 is 14.7 Å². The van der Waals surface area contributed by atoms with E-state index in [4.69, 9.17) is 4.52 Å². The van der Waals surface area contributed by atoms with Gasteiger partial charge in [0.25, 0.3) is 5.89 Å². The van der Waals surface area contributed by atoms with Crippen LogP contribution >= 0.6 is 0 Å². The number of pyridine rings is 1. The summed E-state index contributed by atoms with van der Waals surface area (Å²) >= 11 is 0. The molecule has 0 atom stereocenters. The monoisotopic (exact) mass is 269 g/mol. The van der Waals surface area contributed by atoms with Gasteiger partial charge in [-0.25, -0.2) is 0 Å². The van der Waals surface area contributed by atoms with E-state index in [1.807, 2.05) is 13.0 Å². The van der Waals surface area contributed by atoms with Crippen molar-refractivity contribution in [2.75, 3.05) is 0 Å². The Balaban J connectivity index is 2.07. The van der Waals surface area contributed by atoms with Crippen LogP contribution in [-0.4, -0.2) is 25.3 Å². The van der Waals surface area contributed by atoms with Crippen LogP contribution in [0.3, 0.4) is 0 Å². The Hall–Kier alpha value is -2.89. The van der Waals surface area contributed by atoms with Gasteiger partial charge in [0.1, 0.15) is 0 Å². The second kappa shape index (κ2) is 4.65. The van der Waals surface area contributed by atoms with Crippen molar-refractivity contribution in [2.24, 2.45) is 0 Å². The van der Waals surface area contributed by atoms with Crippen molar-refractivity contribution in [3.8, 4) is 34.3 Å². The van der Waals surface area contributed by atoms with Crippen molar-refractivity contribution >= 4 is 0 Å². The number of aryl methyl sites for hydroxylation is 1. The molecule has 0 saturated heterocycles. The maximum absolute atomic E-state index is 9.80. The number of aromatic hydroxyl groups is 2. The van der Waals surface area contributed by atoms with Gasteiger partial charge in [-0.2, -0.15) is 4.98 Å². The lowest BCUT2D eigenvalue weighted by Crippen LogP contribution is -1.87. The van der Waals surface area contributed by atoms with Crippen LogP contribution in [-0.2, 0) is 0 Å². The van der Waals surface area contributed by atoms with E-state index >= 15 is 0 Å². The molecule has 2 heterocycles. The van der Waals surface area contributed by atoms with Crippen LogP contribution in [0.2, 0.25) is 0 Å². The summed E-state index contributed by atoms with van der Waals surface area (Å²) < 4.78 is 5.14. The molecule has 2 N–H and O–H groups in total. The predicted molar refractivity (Wildman–Crippen MR) is 71.0 cm³/mol. The molecule has 100 valence electrons. The molecule has 0 amide bonds. The molecule has 0 spiro atoms. The van der Waals surface area contributed by atoms with Gasteiger partial charge in [-0.15, -0.1) is 0 Å². The molecule has 2 aromatic heterocycles. The molecule has 3 aromatic rings. The zero-order chi connectivity index (χ0) is 14.1. The van der Waals surface area contributed by atoms with Crippen LogP contribution in [0.5, 0.6) is 11.5 Å². The number of phenolic OH excluding ortho intramolecular Hbond substituents is 2. The lowest BCUT2D eigenvalue weighted by molar-refractivity contribution is 0.397. The third-order valence-electron chi connectivity index (χ3n) is 2.95. The lowest BCUT2D eigenvalue weighted by Gasteiger charge is -2.00. The molecule has 1 aromatic carbocycles. The van der Waals surface area contributed by atoms with Gasteiger partial charge >= 0.3 is 0 Å². The molecule has 0 aliphatic heterocycles. The second-order valence-corrected chi connectivity index (χ2v) is 4.29. The van der Waals surface area contributed by atoms with Crippen LogP contribution in [0.25, 0.3) is 22.8 Å². The van der Waals surface area contributed by atoms with Gasteiger partial charge in [-0.05, 0) is 30.7 Å². The Labute approximate surface area is 114 Å². The number of nitrogens with zero attached hydrogens (tertiary/aromatic N) is 3. The number of aromatic nitrogens is 3. The summed E-state index contributed by atoms with van der Waals surface area (Å²) in [5, 5.41) is 23.2. The highest BCUT2D eigenvalue weighted by Gasteiger charge is 2.16. The molecule has 20 heavy (non-hydrogen) atoms. The van der Waals surface area contributed by atoms with E-state index < -0.39 is 0 Å². The molecule has 0 aliphatic carbocycles. The van der Waals surface area contributed by atoms with E-state index in [0.717, 1.165) is 11.1 Å². The molecule has 3 rings (SSSR count). The maximum atomic E-state index is 9.80. The summed E-state index contributed by atoms with van der Waals surface area (Å²) in [6, 6.07) is 6.39. The number of hydrogen-bond acceptors (Lipinski definition) is 6. The number of rotatable bonds is 2. The summed E-state index contributed by atoms with van der Waals surface area (Å²) in [5.41, 5.74) is 2.00. The standard InChI is InChI=1S/C14H11N3O3/c1-8-5-6-15-7-10(8)13-16-14(20-17-13)9-3-2-4-11(18)12(9)19/h2-7,18-19H,1H3. The molecule has 6 heteroatoms. The average molecular weight is 269 g/mol. The molecular weight excluding hydrogens is 258 g/mol. The largest absolute Gasteiger partial charge is 0.504 e. The number of para-hydroxylation sites is 1. The minimum Gasteiger partial charge on any atom is -0.504 e. The molecule has 0 aliphatic rings. The highest BCUT2D eigenvalue weighted by molar-refractivity contribution is 5.68. The van der Waals surface area contributed by atoms with Gasteiger partial charge in [-0.1, -0.05) is 11.2 Å². The molecule has 0 radical (unpaired) electrons. The highest BCUT2D eigenvalue weighted by Crippen LogP contribution is 2.35. The predicted octanol–water partition coefficient (Wildman–Crippen LogP) is 2.52. The van der Waals surface area contributed by atoms with Gasteiger partial charge < -0.3 is 14.7 Å². The van der Waals surface area contributed by atoms with Gasteiger partial charge in [0, 0.05) is 18.0 Å². The van der Waals surface area contributed by atoms with Crippen LogP contribution in [0, 0.1) is 6.92 Å². The van der Waals surface area contributed by atoms with Crippen LogP contribution in [0.15, 0.2) is 41.2 Å². The lowest BCUT2D eigenvalue weighted by atomic mass is 10.1. The van der Waals surface area contributed by atoms with Crippen molar-refractivity contribution in [1.82, 2.24) is 15.1 Å². The topological polar surface area (TPSA) is 92.3 Å². The summed E-state index contributed by atoms with van der Waals surface area (Å²) in [5.74, 6) is -0.00425. The fraction of sp³-hybridized carbons (Fsp3) is 0.0714. The Morgan fingerprint density at radius 1 is 1.10 bits per heavy atom. The summed E-state index contributed by atoms with van der Waals surface area (Å²) in [6.07, 6.45) is 3.33. The van der Waals surface area contributed by atoms with E-state index in [1.54, 1.807) is 24.5 Å². The maximum Gasteiger partial charge on any atom is 0.262 e. The van der Waals surface area contributed by atoms with Crippen molar-refractivity contribution in [1.29, 1.82) is 0 Å². The van der Waals surface area contributed by atoms with Crippen LogP contribution in [0.4, 0.5) is 0 Å². The first-order chi connectivity index (χ1) is 9.66. The molecule has 6 nitrogen and oxygen atoms in total. The van der Waals surface area contributed by atoms with E-state index in [1.165, 1.54) is 6.07 Å². The van der Waals surface area contributed by atoms with E-state index in [0.29, 0.717) is 5.82 Å². The average Bonchev–Trinajstić information content (AvgIpc) is 2.92. The van der Waals surface area contributed by atoms with Gasteiger partial charge in [0.2, 0.25) is 5.82 Å². The van der Waals surface area contributed by atoms with Gasteiger partial charge in [0.15, 0.2) is 11.5 Å². The Bertz CT molecular complexity index is 768. The van der Waals surface area contributed by atoms with E-state index in [9.17, 15) is 10.2 Å². The third-order valence-corrected chi connectivity index (χ3v) is 2.95. The molecule has 0 bridgehead atoms. The zero-order valence-corrected chi connectivity index (χ0v) is 10.6. The van der Waals surface area contributed by atoms with Crippen molar-refractivity contribution in [2.45, 2.75) is 6.92 Å².